The predicted octanol–water partition coefficient (Wildman–Crippen LogP) is 4.60. The first-order chi connectivity index (χ1) is 14.8. The number of primary amides is 1. The van der Waals surface area contributed by atoms with Crippen LogP contribution in [0, 0.1) is 24.1 Å². The van der Waals surface area contributed by atoms with Gasteiger partial charge in [0.15, 0.2) is 0 Å². The Bertz CT molecular complexity index is 920. The number of aryl methyl sites for hydroxylation is 1. The summed E-state index contributed by atoms with van der Waals surface area (Å²) in [6, 6.07) is 11.1. The van der Waals surface area contributed by atoms with Gasteiger partial charge in [-0.25, -0.2) is 4.39 Å². The number of aliphatic hydroxyl groups is 1. The highest BCUT2D eigenvalue weighted by atomic mass is 19.4. The molecule has 9 heteroatoms. The van der Waals surface area contributed by atoms with Crippen LogP contribution in [-0.2, 0) is 11.3 Å². The number of hydrogen-bond acceptors (Lipinski definition) is 4. The van der Waals surface area contributed by atoms with E-state index in [2.05, 4.69) is 0 Å². The number of carbonyl (C=O) groups excluding carboxylic acids is 1. The average molecular weight is 453 g/mol. The van der Waals surface area contributed by atoms with Crippen LogP contribution in [0.5, 0.6) is 0 Å². The van der Waals surface area contributed by atoms with Crippen molar-refractivity contribution in [1.29, 1.82) is 5.26 Å². The fourth-order valence-electron chi connectivity index (χ4n) is 2.80. The fraction of sp³-hybridized carbons (Fsp3) is 0.391. The maximum absolute atomic E-state index is 14.3. The lowest BCUT2D eigenvalue weighted by molar-refractivity contribution is -0.138. The normalized spacial score (nSPS) is 11.9. The molecule has 1 unspecified atom stereocenters. The van der Waals surface area contributed by atoms with E-state index in [1.54, 1.807) is 38.1 Å². The molecule has 0 aliphatic carbocycles. The second-order valence-electron chi connectivity index (χ2n) is 7.55. The third-order valence-corrected chi connectivity index (χ3v) is 4.29. The molecule has 2 aromatic carbocycles. The molecule has 0 aliphatic heterocycles. The van der Waals surface area contributed by atoms with Gasteiger partial charge < -0.3 is 15.7 Å². The van der Waals surface area contributed by atoms with Crippen LogP contribution in [0.3, 0.4) is 0 Å². The number of alkyl halides is 3. The summed E-state index contributed by atoms with van der Waals surface area (Å²) in [5.41, 5.74) is 7.00. The van der Waals surface area contributed by atoms with Gasteiger partial charge >= 0.3 is 6.18 Å². The van der Waals surface area contributed by atoms with Gasteiger partial charge in [-0.05, 0) is 51.5 Å². The Morgan fingerprint density at radius 3 is 2.19 bits per heavy atom. The molecule has 0 heterocycles. The molecule has 2 aromatic rings. The Morgan fingerprint density at radius 1 is 1.19 bits per heavy atom. The van der Waals surface area contributed by atoms with Crippen LogP contribution in [-0.4, -0.2) is 29.3 Å². The number of rotatable bonds is 7. The van der Waals surface area contributed by atoms with Gasteiger partial charge in [0.2, 0.25) is 5.91 Å². The minimum atomic E-state index is -4.45. The molecule has 0 aliphatic rings. The molecule has 3 N–H and O–H groups in total. The van der Waals surface area contributed by atoms with E-state index in [0.717, 1.165) is 11.6 Å². The number of benzene rings is 2. The third-order valence-electron chi connectivity index (χ3n) is 4.29. The highest BCUT2D eigenvalue weighted by Crippen LogP contribution is 2.28. The Morgan fingerprint density at radius 2 is 1.75 bits per heavy atom. The monoisotopic (exact) mass is 453 g/mol. The van der Waals surface area contributed by atoms with E-state index in [9.17, 15) is 22.4 Å². The first kappa shape index (κ1) is 26.9. The molecule has 1 amide bonds. The summed E-state index contributed by atoms with van der Waals surface area (Å²) >= 11 is 0. The van der Waals surface area contributed by atoms with E-state index in [1.807, 2.05) is 13.0 Å². The van der Waals surface area contributed by atoms with E-state index < -0.39 is 36.8 Å². The highest BCUT2D eigenvalue weighted by Gasteiger charge is 2.33. The third kappa shape index (κ3) is 9.35. The van der Waals surface area contributed by atoms with Gasteiger partial charge in [0.1, 0.15) is 11.9 Å². The van der Waals surface area contributed by atoms with Crippen molar-refractivity contribution >= 4 is 11.6 Å². The van der Waals surface area contributed by atoms with Crippen LogP contribution >= 0.6 is 0 Å². The number of halogens is 4. The smallest absolute Gasteiger partial charge is 0.389 e. The first-order valence-electron chi connectivity index (χ1n) is 9.90. The lowest BCUT2D eigenvalue weighted by Gasteiger charge is -2.32. The maximum Gasteiger partial charge on any atom is 0.389 e. The number of carbonyl (C=O) groups is 1. The SMILES string of the molecule is CC(C)O.Cc1ccc(N(Cc2ccc(C#N)cc2F)C(CCC(F)(F)F)C(N)=O)cc1. The van der Waals surface area contributed by atoms with E-state index in [-0.39, 0.29) is 23.8 Å². The zero-order chi connectivity index (χ0) is 24.5. The highest BCUT2D eigenvalue weighted by molar-refractivity contribution is 5.83. The molecule has 0 saturated heterocycles. The zero-order valence-corrected chi connectivity index (χ0v) is 18.2. The number of anilines is 1. The minimum Gasteiger partial charge on any atom is -0.394 e. The van der Waals surface area contributed by atoms with Crippen LogP contribution in [0.1, 0.15) is 43.4 Å². The van der Waals surface area contributed by atoms with Crippen LogP contribution in [0.15, 0.2) is 42.5 Å². The molecule has 0 fully saturated rings. The van der Waals surface area contributed by atoms with Crippen molar-refractivity contribution in [3.8, 4) is 6.07 Å². The van der Waals surface area contributed by atoms with Crippen molar-refractivity contribution in [2.45, 2.75) is 58.5 Å². The van der Waals surface area contributed by atoms with E-state index in [1.165, 1.54) is 17.0 Å². The summed E-state index contributed by atoms with van der Waals surface area (Å²) in [4.78, 5) is 13.3. The molecule has 1 atom stereocenters. The van der Waals surface area contributed by atoms with Crippen molar-refractivity contribution in [3.05, 3.63) is 65.0 Å². The summed E-state index contributed by atoms with van der Waals surface area (Å²) in [6.07, 6.45) is -6.37. The fourth-order valence-corrected chi connectivity index (χ4v) is 2.80. The molecule has 0 spiro atoms. The van der Waals surface area contributed by atoms with Crippen molar-refractivity contribution < 1.29 is 27.5 Å². The van der Waals surface area contributed by atoms with Gasteiger partial charge in [-0.3, -0.25) is 4.79 Å². The Balaban J connectivity index is 0.00000118. The van der Waals surface area contributed by atoms with E-state index in [0.29, 0.717) is 5.69 Å². The predicted molar refractivity (Wildman–Crippen MR) is 114 cm³/mol. The Labute approximate surface area is 185 Å². The molecule has 2 rings (SSSR count). The molecule has 32 heavy (non-hydrogen) atoms. The van der Waals surface area contributed by atoms with Crippen molar-refractivity contribution in [1.82, 2.24) is 0 Å². The quantitative estimate of drug-likeness (QED) is 0.600. The summed E-state index contributed by atoms with van der Waals surface area (Å²) < 4.78 is 52.5. The summed E-state index contributed by atoms with van der Waals surface area (Å²) in [6.45, 7) is 5.11. The largest absolute Gasteiger partial charge is 0.394 e. The molecular formula is C23H27F4N3O2. The number of nitrogens with zero attached hydrogens (tertiary/aromatic N) is 2. The summed E-state index contributed by atoms with van der Waals surface area (Å²) in [5.74, 6) is -1.62. The topological polar surface area (TPSA) is 90.3 Å². The standard InChI is InChI=1S/C20H19F4N3O.C3H8O/c1-13-2-6-16(7-3-13)27(18(19(26)28)8-9-20(22,23)24)12-15-5-4-14(11-25)10-17(15)21;1-3(2)4/h2-7,10,18H,8-9,12H2,1H3,(H2,26,28);3-4H,1-2H3. The molecule has 0 radical (unpaired) electrons. The van der Waals surface area contributed by atoms with E-state index >= 15 is 0 Å². The molecular weight excluding hydrogens is 426 g/mol. The van der Waals surface area contributed by atoms with Crippen molar-refractivity contribution in [2.24, 2.45) is 5.73 Å². The molecule has 0 aromatic heterocycles. The van der Waals surface area contributed by atoms with Gasteiger partial charge in [-0.1, -0.05) is 23.8 Å². The van der Waals surface area contributed by atoms with Gasteiger partial charge in [-0.15, -0.1) is 0 Å². The van der Waals surface area contributed by atoms with Crippen LogP contribution in [0.25, 0.3) is 0 Å². The number of amides is 1. The van der Waals surface area contributed by atoms with E-state index in [4.69, 9.17) is 16.1 Å². The van der Waals surface area contributed by atoms with Gasteiger partial charge in [-0.2, -0.15) is 18.4 Å². The molecule has 5 nitrogen and oxygen atoms in total. The molecule has 174 valence electrons. The van der Waals surface area contributed by atoms with Crippen LogP contribution < -0.4 is 10.6 Å². The number of nitriles is 1. The number of hydrogen-bond donors (Lipinski definition) is 2. The molecule has 0 bridgehead atoms. The zero-order valence-electron chi connectivity index (χ0n) is 18.2. The van der Waals surface area contributed by atoms with Gasteiger partial charge in [0.05, 0.1) is 11.6 Å². The second-order valence-corrected chi connectivity index (χ2v) is 7.55. The Kier molecular flexibility index (Phi) is 10.1. The van der Waals surface area contributed by atoms with Gasteiger partial charge in [0.25, 0.3) is 0 Å². The average Bonchev–Trinajstić information content (AvgIpc) is 2.67. The first-order valence-corrected chi connectivity index (χ1v) is 9.90. The maximum atomic E-state index is 14.3. The molecule has 0 saturated carbocycles. The minimum absolute atomic E-state index is 0.117. The lowest BCUT2D eigenvalue weighted by atomic mass is 10.0. The van der Waals surface area contributed by atoms with Gasteiger partial charge in [0, 0.05) is 30.3 Å². The summed E-state index contributed by atoms with van der Waals surface area (Å²) in [5, 5.41) is 16.9. The number of aliphatic hydroxyl groups excluding tert-OH is 1. The second kappa shape index (κ2) is 12.1. The van der Waals surface area contributed by atoms with Crippen LogP contribution in [0.2, 0.25) is 0 Å². The lowest BCUT2D eigenvalue weighted by Crippen LogP contribution is -2.45. The Hall–Kier alpha value is -3.12. The summed E-state index contributed by atoms with van der Waals surface area (Å²) in [7, 11) is 0. The van der Waals surface area contributed by atoms with Crippen molar-refractivity contribution in [3.63, 3.8) is 0 Å². The van der Waals surface area contributed by atoms with Crippen molar-refractivity contribution in [2.75, 3.05) is 4.90 Å². The van der Waals surface area contributed by atoms with Crippen LogP contribution in [0.4, 0.5) is 23.2 Å². The number of nitrogens with two attached hydrogens (primary N) is 1.